The molecule has 0 bridgehead atoms. The Kier molecular flexibility index (Phi) is 6.85. The molecule has 0 unspecified atom stereocenters. The number of rotatable bonds is 4. The van der Waals surface area contributed by atoms with Crippen molar-refractivity contribution in [3.63, 3.8) is 0 Å². The molecule has 4 aromatic heterocycles. The lowest BCUT2D eigenvalue weighted by molar-refractivity contribution is -0.143. The number of carbonyl (C=O) groups is 1. The van der Waals surface area contributed by atoms with Crippen LogP contribution in [0.1, 0.15) is 46.0 Å². The average molecular weight is 598 g/mol. The Labute approximate surface area is 246 Å². The molecule has 0 fully saturated rings. The predicted molar refractivity (Wildman–Crippen MR) is 155 cm³/mol. The van der Waals surface area contributed by atoms with Crippen molar-refractivity contribution in [2.45, 2.75) is 19.1 Å². The van der Waals surface area contributed by atoms with Gasteiger partial charge in [0.1, 0.15) is 11.4 Å². The summed E-state index contributed by atoms with van der Waals surface area (Å²) < 4.78 is 44.2. The molecule has 1 atom stereocenters. The van der Waals surface area contributed by atoms with Gasteiger partial charge in [0.2, 0.25) is 0 Å². The van der Waals surface area contributed by atoms with Crippen molar-refractivity contribution in [1.29, 1.82) is 0 Å². The van der Waals surface area contributed by atoms with E-state index < -0.39 is 29.4 Å². The van der Waals surface area contributed by atoms with Crippen LogP contribution in [0.3, 0.4) is 0 Å². The molecule has 11 nitrogen and oxygen atoms in total. The summed E-state index contributed by atoms with van der Waals surface area (Å²) in [7, 11) is 1.18. The first-order valence-electron chi connectivity index (χ1n) is 13.2. The highest BCUT2D eigenvalue weighted by Crippen LogP contribution is 2.31. The minimum atomic E-state index is -4.67. The lowest BCUT2D eigenvalue weighted by Gasteiger charge is -2.20. The monoisotopic (exact) mass is 597 g/mol. The SMILES string of the molecule is C[C@@H](NC(=O)c1c(N)nn2cccnc12)c1nc2cccc(C#Cc3cnn(C)c3C(F)(F)F)c2c(=O)n1-c1ccccc1. The Bertz CT molecular complexity index is 2190. The number of aryl methyl sites for hydroxylation is 1. The van der Waals surface area contributed by atoms with Crippen LogP contribution >= 0.6 is 0 Å². The number of carbonyl (C=O) groups excluding carboxylic acids is 1. The molecule has 14 heteroatoms. The van der Waals surface area contributed by atoms with Crippen molar-refractivity contribution >= 4 is 28.3 Å². The number of nitrogens with zero attached hydrogens (tertiary/aromatic N) is 7. The van der Waals surface area contributed by atoms with Gasteiger partial charge in [-0.1, -0.05) is 36.1 Å². The van der Waals surface area contributed by atoms with Crippen LogP contribution in [-0.2, 0) is 13.2 Å². The van der Waals surface area contributed by atoms with Gasteiger partial charge in [0.05, 0.1) is 34.4 Å². The predicted octanol–water partition coefficient (Wildman–Crippen LogP) is 3.65. The minimum Gasteiger partial charge on any atom is -0.381 e. The average Bonchev–Trinajstić information content (AvgIpc) is 3.54. The number of nitrogens with two attached hydrogens (primary N) is 1. The van der Waals surface area contributed by atoms with Crippen LogP contribution in [-0.4, -0.2) is 39.8 Å². The molecule has 6 rings (SSSR count). The number of para-hydroxylation sites is 1. The highest BCUT2D eigenvalue weighted by Gasteiger charge is 2.37. The van der Waals surface area contributed by atoms with Gasteiger partial charge in [-0.25, -0.2) is 14.5 Å². The number of amides is 1. The van der Waals surface area contributed by atoms with E-state index in [4.69, 9.17) is 10.7 Å². The number of nitrogens with one attached hydrogen (secondary N) is 1. The molecule has 0 aliphatic rings. The molecule has 0 aliphatic heterocycles. The number of aromatic nitrogens is 7. The number of halogens is 3. The minimum absolute atomic E-state index is 0.0224. The number of hydrogen-bond acceptors (Lipinski definition) is 7. The van der Waals surface area contributed by atoms with Crippen molar-refractivity contribution in [1.82, 2.24) is 39.2 Å². The number of anilines is 1. The van der Waals surface area contributed by atoms with E-state index in [1.54, 1.807) is 61.7 Å². The van der Waals surface area contributed by atoms with E-state index in [1.165, 1.54) is 28.4 Å². The highest BCUT2D eigenvalue weighted by molar-refractivity contribution is 6.04. The lowest BCUT2D eigenvalue weighted by atomic mass is 10.1. The number of alkyl halides is 3. The Morgan fingerprint density at radius 3 is 2.55 bits per heavy atom. The highest BCUT2D eigenvalue weighted by atomic mass is 19.4. The smallest absolute Gasteiger partial charge is 0.381 e. The van der Waals surface area contributed by atoms with Gasteiger partial charge in [-0.3, -0.25) is 18.8 Å². The molecule has 0 saturated carbocycles. The molecule has 0 saturated heterocycles. The third-order valence-electron chi connectivity index (χ3n) is 6.86. The van der Waals surface area contributed by atoms with Gasteiger partial charge >= 0.3 is 6.18 Å². The van der Waals surface area contributed by atoms with Crippen LogP contribution in [0.25, 0.3) is 22.2 Å². The summed E-state index contributed by atoms with van der Waals surface area (Å²) in [5, 5.41) is 10.7. The summed E-state index contributed by atoms with van der Waals surface area (Å²) in [6.07, 6.45) is -0.533. The molecule has 0 spiro atoms. The summed E-state index contributed by atoms with van der Waals surface area (Å²) in [5.41, 5.74) is 5.36. The van der Waals surface area contributed by atoms with Crippen molar-refractivity contribution in [3.8, 4) is 17.5 Å². The Morgan fingerprint density at radius 2 is 1.80 bits per heavy atom. The van der Waals surface area contributed by atoms with Crippen LogP contribution < -0.4 is 16.6 Å². The second-order valence-corrected chi connectivity index (χ2v) is 9.77. The van der Waals surface area contributed by atoms with Gasteiger partial charge < -0.3 is 11.1 Å². The van der Waals surface area contributed by atoms with Crippen molar-refractivity contribution in [3.05, 3.63) is 112 Å². The fourth-order valence-electron chi connectivity index (χ4n) is 4.92. The van der Waals surface area contributed by atoms with Crippen molar-refractivity contribution in [2.24, 2.45) is 7.05 Å². The van der Waals surface area contributed by atoms with Crippen LogP contribution in [0.4, 0.5) is 19.0 Å². The van der Waals surface area contributed by atoms with E-state index >= 15 is 0 Å². The first kappa shape index (κ1) is 28.2. The summed E-state index contributed by atoms with van der Waals surface area (Å²) in [6.45, 7) is 1.66. The fraction of sp³-hybridized carbons (Fsp3) is 0.133. The first-order valence-corrected chi connectivity index (χ1v) is 13.2. The van der Waals surface area contributed by atoms with Gasteiger partial charge in [-0.05, 0) is 37.3 Å². The van der Waals surface area contributed by atoms with E-state index in [0.717, 1.165) is 6.20 Å². The molecule has 44 heavy (non-hydrogen) atoms. The fourth-order valence-corrected chi connectivity index (χ4v) is 4.92. The van der Waals surface area contributed by atoms with Crippen LogP contribution in [0.15, 0.2) is 78.0 Å². The van der Waals surface area contributed by atoms with Gasteiger partial charge in [0.15, 0.2) is 17.2 Å². The molecular formula is C30H22F3N9O2. The molecule has 0 aliphatic carbocycles. The van der Waals surface area contributed by atoms with Gasteiger partial charge in [0, 0.05) is 25.0 Å². The zero-order valence-electron chi connectivity index (χ0n) is 23.2. The number of nitrogen functional groups attached to an aromatic ring is 1. The first-order chi connectivity index (χ1) is 21.0. The summed E-state index contributed by atoms with van der Waals surface area (Å²) >= 11 is 0. The van der Waals surface area contributed by atoms with E-state index in [1.807, 2.05) is 0 Å². The van der Waals surface area contributed by atoms with Gasteiger partial charge in [-0.15, -0.1) is 5.10 Å². The molecule has 3 N–H and O–H groups in total. The van der Waals surface area contributed by atoms with E-state index in [0.29, 0.717) is 10.4 Å². The maximum absolute atomic E-state index is 14.2. The van der Waals surface area contributed by atoms with Crippen molar-refractivity contribution in [2.75, 3.05) is 5.73 Å². The largest absolute Gasteiger partial charge is 0.434 e. The van der Waals surface area contributed by atoms with Crippen molar-refractivity contribution < 1.29 is 18.0 Å². The zero-order valence-corrected chi connectivity index (χ0v) is 23.2. The topological polar surface area (TPSA) is 138 Å². The Hall–Kier alpha value is -5.97. The molecule has 1 amide bonds. The Morgan fingerprint density at radius 1 is 1.05 bits per heavy atom. The molecule has 6 aromatic rings. The van der Waals surface area contributed by atoms with E-state index in [9.17, 15) is 22.8 Å². The summed E-state index contributed by atoms with van der Waals surface area (Å²) in [5.74, 6) is 4.84. The molecule has 4 heterocycles. The molecule has 0 radical (unpaired) electrons. The second-order valence-electron chi connectivity index (χ2n) is 9.77. The standard InChI is InChI=1S/C30H22F3N9O2/c1-17(37-28(43)23-25(34)39-41-15-7-14-35-27(23)41)26-38-21-11-6-8-18(12-13-19-16-36-40(2)24(19)30(31,32)33)22(21)29(44)42(26)20-9-4-3-5-10-20/h3-11,14-17H,1-2H3,(H2,34,39)(H,37,43)/t17-/m1/s1. The van der Waals surface area contributed by atoms with Gasteiger partial charge in [-0.2, -0.15) is 18.3 Å². The quantitative estimate of drug-likeness (QED) is 0.296. The molecule has 2 aromatic carbocycles. The molecular weight excluding hydrogens is 575 g/mol. The zero-order chi connectivity index (χ0) is 31.2. The van der Waals surface area contributed by atoms with Gasteiger partial charge in [0.25, 0.3) is 11.5 Å². The summed E-state index contributed by atoms with van der Waals surface area (Å²) in [4.78, 5) is 36.5. The number of fused-ring (bicyclic) bond motifs is 2. The summed E-state index contributed by atoms with van der Waals surface area (Å²) in [6, 6.07) is 14.2. The number of hydrogen-bond donors (Lipinski definition) is 2. The second kappa shape index (κ2) is 10.7. The third-order valence-corrected chi connectivity index (χ3v) is 6.86. The van der Waals surface area contributed by atoms with E-state index in [-0.39, 0.29) is 44.9 Å². The third kappa shape index (κ3) is 4.90. The van der Waals surface area contributed by atoms with Crippen LogP contribution in [0, 0.1) is 11.8 Å². The maximum atomic E-state index is 14.2. The maximum Gasteiger partial charge on any atom is 0.434 e. The van der Waals surface area contributed by atoms with E-state index in [2.05, 4.69) is 32.3 Å². The number of benzene rings is 2. The Balaban J connectivity index is 1.48. The lowest BCUT2D eigenvalue weighted by Crippen LogP contribution is -2.33. The normalized spacial score (nSPS) is 12.2. The van der Waals surface area contributed by atoms with Crippen LogP contribution in [0.2, 0.25) is 0 Å². The van der Waals surface area contributed by atoms with Crippen LogP contribution in [0.5, 0.6) is 0 Å². The molecule has 220 valence electrons.